The van der Waals surface area contributed by atoms with Crippen LogP contribution in [0.2, 0.25) is 0 Å². The first-order valence-corrected chi connectivity index (χ1v) is 10.5. The molecule has 28 heavy (non-hydrogen) atoms. The molecular weight excluding hydrogens is 354 g/mol. The lowest BCUT2D eigenvalue weighted by atomic mass is 9.86. The Kier molecular flexibility index (Phi) is 7.57. The summed E-state index contributed by atoms with van der Waals surface area (Å²) in [5.74, 6) is 2.53. The van der Waals surface area contributed by atoms with Crippen molar-refractivity contribution in [2.24, 2.45) is 5.92 Å². The third kappa shape index (κ3) is 5.61. The van der Waals surface area contributed by atoms with E-state index in [9.17, 15) is 4.79 Å². The van der Waals surface area contributed by atoms with E-state index < -0.39 is 0 Å². The minimum atomic E-state index is 0.182. The molecule has 1 aliphatic heterocycles. The third-order valence-corrected chi connectivity index (χ3v) is 6.17. The van der Waals surface area contributed by atoms with Gasteiger partial charge in [0.25, 0.3) is 0 Å². The van der Waals surface area contributed by atoms with E-state index in [1.54, 1.807) is 14.2 Å². The van der Waals surface area contributed by atoms with Gasteiger partial charge in [-0.25, -0.2) is 0 Å². The lowest BCUT2D eigenvalue weighted by molar-refractivity contribution is -0.124. The number of hydrogen-bond donors (Lipinski definition) is 1. The van der Waals surface area contributed by atoms with Crippen molar-refractivity contribution < 1.29 is 14.3 Å². The molecule has 3 rings (SSSR count). The van der Waals surface area contributed by atoms with E-state index in [1.807, 2.05) is 18.2 Å². The van der Waals surface area contributed by atoms with Gasteiger partial charge in [0.2, 0.25) is 5.91 Å². The van der Waals surface area contributed by atoms with Crippen molar-refractivity contribution in [2.45, 2.75) is 45.2 Å². The molecule has 2 aliphatic rings. The third-order valence-electron chi connectivity index (χ3n) is 6.17. The second-order valence-electron chi connectivity index (χ2n) is 8.17. The Balaban J connectivity index is 1.45. The summed E-state index contributed by atoms with van der Waals surface area (Å²) in [5.41, 5.74) is 1.14. The number of amides is 1. The number of hydrogen-bond acceptors (Lipinski definition) is 5. The number of ether oxygens (including phenoxy) is 2. The van der Waals surface area contributed by atoms with Crippen LogP contribution < -0.4 is 14.8 Å². The first-order chi connectivity index (χ1) is 13.6. The van der Waals surface area contributed by atoms with Gasteiger partial charge < -0.3 is 14.8 Å². The Hall–Kier alpha value is -1.79. The van der Waals surface area contributed by atoms with Crippen LogP contribution in [0.4, 0.5) is 0 Å². The topological polar surface area (TPSA) is 54.0 Å². The van der Waals surface area contributed by atoms with Crippen molar-refractivity contribution in [3.8, 4) is 11.5 Å². The minimum Gasteiger partial charge on any atom is -0.497 e. The molecule has 1 aliphatic carbocycles. The van der Waals surface area contributed by atoms with Gasteiger partial charge in [-0.3, -0.25) is 14.6 Å². The van der Waals surface area contributed by atoms with E-state index in [4.69, 9.17) is 9.47 Å². The normalized spacial score (nSPS) is 24.0. The van der Waals surface area contributed by atoms with Crippen molar-refractivity contribution in [3.63, 3.8) is 0 Å². The van der Waals surface area contributed by atoms with E-state index >= 15 is 0 Å². The van der Waals surface area contributed by atoms with Gasteiger partial charge in [0.15, 0.2) is 0 Å². The van der Waals surface area contributed by atoms with E-state index in [2.05, 4.69) is 22.0 Å². The van der Waals surface area contributed by atoms with Crippen molar-refractivity contribution in [1.29, 1.82) is 0 Å². The van der Waals surface area contributed by atoms with E-state index in [1.165, 1.54) is 19.3 Å². The quantitative estimate of drug-likeness (QED) is 0.777. The van der Waals surface area contributed by atoms with Crippen LogP contribution >= 0.6 is 0 Å². The van der Waals surface area contributed by atoms with Gasteiger partial charge in [-0.1, -0.05) is 19.8 Å². The average molecular weight is 390 g/mol. The smallest absolute Gasteiger partial charge is 0.234 e. The van der Waals surface area contributed by atoms with Gasteiger partial charge in [0, 0.05) is 44.3 Å². The van der Waals surface area contributed by atoms with Crippen LogP contribution in [0.3, 0.4) is 0 Å². The molecule has 1 N–H and O–H groups in total. The first-order valence-electron chi connectivity index (χ1n) is 10.5. The molecule has 1 aromatic carbocycles. The van der Waals surface area contributed by atoms with Gasteiger partial charge in [-0.05, 0) is 37.0 Å². The minimum absolute atomic E-state index is 0.182. The maximum absolute atomic E-state index is 12.5. The predicted octanol–water partition coefficient (Wildman–Crippen LogP) is 2.52. The SMILES string of the molecule is COc1ccc(OC)c(CN2CCN(CC(=O)N[C@@H]3CCCC[C@@H]3C)CC2)c1. The molecule has 1 saturated heterocycles. The number of piperazine rings is 1. The van der Waals surface area contributed by atoms with Crippen LogP contribution in [-0.4, -0.2) is 68.7 Å². The highest BCUT2D eigenvalue weighted by Gasteiger charge is 2.25. The van der Waals surface area contributed by atoms with E-state index in [-0.39, 0.29) is 5.91 Å². The summed E-state index contributed by atoms with van der Waals surface area (Å²) in [4.78, 5) is 17.1. The zero-order valence-corrected chi connectivity index (χ0v) is 17.6. The molecule has 6 heteroatoms. The maximum Gasteiger partial charge on any atom is 0.234 e. The molecule has 2 atom stereocenters. The van der Waals surface area contributed by atoms with Gasteiger partial charge in [-0.2, -0.15) is 0 Å². The summed E-state index contributed by atoms with van der Waals surface area (Å²) in [6.07, 6.45) is 4.90. The lowest BCUT2D eigenvalue weighted by Gasteiger charge is -2.35. The van der Waals surface area contributed by atoms with Gasteiger partial charge in [0.1, 0.15) is 11.5 Å². The standard InChI is InChI=1S/C22H35N3O3/c1-17-6-4-5-7-20(17)23-22(26)16-25-12-10-24(11-13-25)15-18-14-19(27-2)8-9-21(18)28-3/h8-9,14,17,20H,4-7,10-13,15-16H2,1-3H3,(H,23,26)/t17-,20+/m0/s1. The largest absolute Gasteiger partial charge is 0.497 e. The fourth-order valence-corrected chi connectivity index (χ4v) is 4.34. The van der Waals surface area contributed by atoms with Crippen LogP contribution in [-0.2, 0) is 11.3 Å². The molecule has 6 nitrogen and oxygen atoms in total. The fraction of sp³-hybridized carbons (Fsp3) is 0.682. The Bertz CT molecular complexity index is 644. The second kappa shape index (κ2) is 10.1. The van der Waals surface area contributed by atoms with Gasteiger partial charge in [0.05, 0.1) is 20.8 Å². The van der Waals surface area contributed by atoms with Crippen LogP contribution in [0.5, 0.6) is 11.5 Å². The van der Waals surface area contributed by atoms with Gasteiger partial charge in [-0.15, -0.1) is 0 Å². The summed E-state index contributed by atoms with van der Waals surface area (Å²) in [6.45, 7) is 7.34. The molecule has 0 unspecified atom stereocenters. The van der Waals surface area contributed by atoms with E-state index in [0.717, 1.165) is 56.2 Å². The molecule has 2 fully saturated rings. The molecule has 1 saturated carbocycles. The highest BCUT2D eigenvalue weighted by atomic mass is 16.5. The second-order valence-corrected chi connectivity index (χ2v) is 8.17. The van der Waals surface area contributed by atoms with Gasteiger partial charge >= 0.3 is 0 Å². The molecule has 0 radical (unpaired) electrons. The number of carbonyl (C=O) groups is 1. The highest BCUT2D eigenvalue weighted by molar-refractivity contribution is 5.78. The fourth-order valence-electron chi connectivity index (χ4n) is 4.34. The monoisotopic (exact) mass is 389 g/mol. The van der Waals surface area contributed by atoms with Crippen LogP contribution in [0.25, 0.3) is 0 Å². The van der Waals surface area contributed by atoms with E-state index in [0.29, 0.717) is 18.5 Å². The molecule has 156 valence electrons. The Labute approximate surface area is 169 Å². The number of nitrogens with zero attached hydrogens (tertiary/aromatic N) is 2. The van der Waals surface area contributed by atoms with Crippen molar-refractivity contribution >= 4 is 5.91 Å². The molecule has 0 bridgehead atoms. The van der Waals surface area contributed by atoms with Crippen molar-refractivity contribution in [3.05, 3.63) is 23.8 Å². The number of benzene rings is 1. The maximum atomic E-state index is 12.5. The van der Waals surface area contributed by atoms with Crippen LogP contribution in [0, 0.1) is 5.92 Å². The average Bonchev–Trinajstić information content (AvgIpc) is 2.71. The number of carbonyl (C=O) groups excluding carboxylic acids is 1. The number of methoxy groups -OCH3 is 2. The van der Waals surface area contributed by atoms with Crippen LogP contribution in [0.1, 0.15) is 38.2 Å². The molecule has 0 aromatic heterocycles. The Morgan fingerprint density at radius 2 is 1.79 bits per heavy atom. The Morgan fingerprint density at radius 1 is 1.07 bits per heavy atom. The molecule has 1 heterocycles. The summed E-state index contributed by atoms with van der Waals surface area (Å²) in [6, 6.07) is 6.29. The number of rotatable bonds is 7. The molecule has 1 aromatic rings. The van der Waals surface area contributed by atoms with Crippen LogP contribution in [0.15, 0.2) is 18.2 Å². The molecular formula is C22H35N3O3. The zero-order valence-electron chi connectivity index (χ0n) is 17.6. The zero-order chi connectivity index (χ0) is 19.9. The predicted molar refractivity (Wildman–Crippen MR) is 111 cm³/mol. The summed E-state index contributed by atoms with van der Waals surface area (Å²) in [7, 11) is 3.39. The lowest BCUT2D eigenvalue weighted by Crippen LogP contribution is -2.51. The number of nitrogens with one attached hydrogen (secondary N) is 1. The highest BCUT2D eigenvalue weighted by Crippen LogP contribution is 2.26. The Morgan fingerprint density at radius 3 is 2.46 bits per heavy atom. The summed E-state index contributed by atoms with van der Waals surface area (Å²) < 4.78 is 10.8. The van der Waals surface area contributed by atoms with Crippen molar-refractivity contribution in [1.82, 2.24) is 15.1 Å². The van der Waals surface area contributed by atoms with Crippen molar-refractivity contribution in [2.75, 3.05) is 46.9 Å². The summed E-state index contributed by atoms with van der Waals surface area (Å²) in [5, 5.41) is 3.27. The molecule has 1 amide bonds. The summed E-state index contributed by atoms with van der Waals surface area (Å²) >= 11 is 0. The first kappa shape index (κ1) is 20.9. The molecule has 0 spiro atoms.